The minimum atomic E-state index is -0.727. The van der Waals surface area contributed by atoms with Crippen molar-refractivity contribution in [3.05, 3.63) is 101 Å². The van der Waals surface area contributed by atoms with E-state index in [2.05, 4.69) is 61.3 Å². The van der Waals surface area contributed by atoms with Gasteiger partial charge in [-0.2, -0.15) is 10.5 Å². The average molecular weight is 461 g/mol. The van der Waals surface area contributed by atoms with Crippen molar-refractivity contribution in [1.29, 1.82) is 10.5 Å². The average Bonchev–Trinajstić information content (AvgIpc) is 3.73. The summed E-state index contributed by atoms with van der Waals surface area (Å²) in [5.41, 5.74) is 4.94. The fraction of sp³-hybridized carbons (Fsp3) is 0.300. The topological polar surface area (TPSA) is 79.9 Å². The summed E-state index contributed by atoms with van der Waals surface area (Å²) >= 11 is 0. The molecule has 1 N–H and O–H groups in total. The number of likely N-dealkylation sites (N-methyl/N-ethyl adjacent to an activating group) is 1. The summed E-state index contributed by atoms with van der Waals surface area (Å²) in [5.74, 6) is 0.442. The first-order valence-electron chi connectivity index (χ1n) is 12.0. The Morgan fingerprint density at radius 1 is 1.11 bits per heavy atom. The van der Waals surface area contributed by atoms with Crippen molar-refractivity contribution in [2.24, 2.45) is 5.92 Å². The van der Waals surface area contributed by atoms with Gasteiger partial charge in [0.05, 0.1) is 29.5 Å². The number of rotatable bonds is 4. The lowest BCUT2D eigenvalue weighted by atomic mass is 9.72. The SMILES string of the molecule is C=C1N[C@](C)(c2cccc(C3=CC(C#N)=CC(C#N)C3)c2)[C@H](c2ccc(C3CC3)cc2)C(=O)N1C. The quantitative estimate of drug-likeness (QED) is 0.656. The van der Waals surface area contributed by atoms with E-state index in [-0.39, 0.29) is 11.8 Å². The lowest BCUT2D eigenvalue weighted by molar-refractivity contribution is -0.134. The van der Waals surface area contributed by atoms with Crippen LogP contribution >= 0.6 is 0 Å². The van der Waals surface area contributed by atoms with E-state index in [9.17, 15) is 15.3 Å². The van der Waals surface area contributed by atoms with E-state index in [1.54, 1.807) is 18.0 Å². The predicted octanol–water partition coefficient (Wildman–Crippen LogP) is 5.47. The van der Waals surface area contributed by atoms with E-state index in [4.69, 9.17) is 0 Å². The van der Waals surface area contributed by atoms with E-state index in [0.29, 0.717) is 23.7 Å². The minimum Gasteiger partial charge on any atom is -0.362 e. The lowest BCUT2D eigenvalue weighted by Crippen LogP contribution is -2.57. The maximum absolute atomic E-state index is 13.6. The van der Waals surface area contributed by atoms with Crippen molar-refractivity contribution < 1.29 is 4.79 Å². The highest BCUT2D eigenvalue weighted by molar-refractivity contribution is 5.88. The fourth-order valence-corrected chi connectivity index (χ4v) is 5.32. The Bertz CT molecular complexity index is 1350. The molecule has 1 saturated heterocycles. The molecule has 1 unspecified atom stereocenters. The number of carbonyl (C=O) groups excluding carboxylic acids is 1. The summed E-state index contributed by atoms with van der Waals surface area (Å²) in [5, 5.41) is 22.4. The second-order valence-electron chi connectivity index (χ2n) is 9.97. The van der Waals surface area contributed by atoms with Crippen molar-refractivity contribution in [3.63, 3.8) is 0 Å². The van der Waals surface area contributed by atoms with Crippen molar-refractivity contribution in [2.45, 2.75) is 43.6 Å². The second-order valence-corrected chi connectivity index (χ2v) is 9.97. The molecule has 2 aromatic carbocycles. The van der Waals surface area contributed by atoms with Gasteiger partial charge in [0.15, 0.2) is 0 Å². The van der Waals surface area contributed by atoms with E-state index >= 15 is 0 Å². The minimum absolute atomic E-state index is 0.00282. The second kappa shape index (κ2) is 8.60. The number of nitrogens with zero attached hydrogens (tertiary/aromatic N) is 3. The smallest absolute Gasteiger partial charge is 0.238 e. The van der Waals surface area contributed by atoms with Crippen molar-refractivity contribution >= 4 is 11.5 Å². The number of carbonyl (C=O) groups is 1. The Balaban J connectivity index is 1.57. The summed E-state index contributed by atoms with van der Waals surface area (Å²) in [4.78, 5) is 15.2. The molecule has 3 aliphatic rings. The molecule has 5 nitrogen and oxygen atoms in total. The third-order valence-electron chi connectivity index (χ3n) is 7.56. The molecule has 35 heavy (non-hydrogen) atoms. The zero-order valence-electron chi connectivity index (χ0n) is 20.1. The van der Waals surface area contributed by atoms with Gasteiger partial charge in [-0.05, 0) is 78.1 Å². The first-order valence-corrected chi connectivity index (χ1v) is 12.0. The first kappa shape index (κ1) is 22.7. The zero-order valence-corrected chi connectivity index (χ0v) is 20.1. The molecule has 1 saturated carbocycles. The van der Waals surface area contributed by atoms with Crippen LogP contribution in [0.3, 0.4) is 0 Å². The van der Waals surface area contributed by atoms with E-state index in [1.165, 1.54) is 18.4 Å². The molecule has 5 heteroatoms. The molecular weight excluding hydrogens is 432 g/mol. The molecule has 2 fully saturated rings. The number of amides is 1. The van der Waals surface area contributed by atoms with Gasteiger partial charge in [0.25, 0.3) is 0 Å². The molecule has 5 rings (SSSR count). The lowest BCUT2D eigenvalue weighted by Gasteiger charge is -2.47. The van der Waals surface area contributed by atoms with Crippen molar-refractivity contribution in [2.75, 3.05) is 7.05 Å². The molecule has 3 atom stereocenters. The van der Waals surface area contributed by atoms with Crippen molar-refractivity contribution in [1.82, 2.24) is 10.2 Å². The third kappa shape index (κ3) is 4.04. The molecule has 1 aliphatic heterocycles. The molecule has 0 spiro atoms. The number of nitriles is 2. The first-order chi connectivity index (χ1) is 16.8. The monoisotopic (exact) mass is 460 g/mol. The predicted molar refractivity (Wildman–Crippen MR) is 135 cm³/mol. The molecule has 0 aromatic heterocycles. The highest BCUT2D eigenvalue weighted by Crippen LogP contribution is 2.45. The molecule has 2 aromatic rings. The van der Waals surface area contributed by atoms with E-state index in [1.807, 2.05) is 24.3 Å². The Labute approximate surface area is 206 Å². The molecule has 2 aliphatic carbocycles. The van der Waals surface area contributed by atoms with Gasteiger partial charge in [0.2, 0.25) is 5.91 Å². The Morgan fingerprint density at radius 2 is 1.83 bits per heavy atom. The van der Waals surface area contributed by atoms with Crippen LogP contribution in [0.5, 0.6) is 0 Å². The normalized spacial score (nSPS) is 26.2. The van der Waals surface area contributed by atoms with Crippen LogP contribution in [-0.2, 0) is 10.3 Å². The van der Waals surface area contributed by atoms with Crippen LogP contribution in [0.2, 0.25) is 0 Å². The van der Waals surface area contributed by atoms with Crippen molar-refractivity contribution in [3.8, 4) is 12.1 Å². The summed E-state index contributed by atoms with van der Waals surface area (Å²) in [6.45, 7) is 6.15. The van der Waals surface area contributed by atoms with Gasteiger partial charge < -0.3 is 10.2 Å². The molecule has 0 radical (unpaired) electrons. The van der Waals surface area contributed by atoms with Gasteiger partial charge in [-0.25, -0.2) is 0 Å². The van der Waals surface area contributed by atoms with E-state index in [0.717, 1.165) is 22.3 Å². The van der Waals surface area contributed by atoms with Crippen LogP contribution in [0, 0.1) is 28.6 Å². The van der Waals surface area contributed by atoms with Crippen LogP contribution in [0.15, 0.2) is 78.7 Å². The summed E-state index contributed by atoms with van der Waals surface area (Å²) in [7, 11) is 1.75. The Morgan fingerprint density at radius 3 is 2.49 bits per heavy atom. The molecular formula is C30H28N4O. The van der Waals surface area contributed by atoms with E-state index < -0.39 is 11.5 Å². The highest BCUT2D eigenvalue weighted by atomic mass is 16.2. The molecule has 1 amide bonds. The van der Waals surface area contributed by atoms with Crippen LogP contribution in [0.25, 0.3) is 5.57 Å². The van der Waals surface area contributed by atoms with Crippen LogP contribution < -0.4 is 5.32 Å². The van der Waals surface area contributed by atoms with Gasteiger partial charge in [-0.15, -0.1) is 0 Å². The standard InChI is InChI=1S/C30H28N4O/c1-19-33-30(2,28(29(35)34(19)3)24-11-9-23(10-12-24)22-7-8-22)27-6-4-5-25(16-27)26-14-20(17-31)13-21(15-26)18-32/h4-6,9-14,16,21-22,28,33H,1,7-8,15H2,2-3H3/t21?,28-,30-/m1/s1. The Hall–Kier alpha value is -4.09. The number of hydrogen-bond acceptors (Lipinski definition) is 4. The maximum atomic E-state index is 13.6. The largest absolute Gasteiger partial charge is 0.362 e. The summed E-state index contributed by atoms with van der Waals surface area (Å²) < 4.78 is 0. The third-order valence-corrected chi connectivity index (χ3v) is 7.56. The Kier molecular flexibility index (Phi) is 5.58. The maximum Gasteiger partial charge on any atom is 0.238 e. The summed E-state index contributed by atoms with van der Waals surface area (Å²) in [6.07, 6.45) is 6.60. The van der Waals surface area contributed by atoms with Gasteiger partial charge >= 0.3 is 0 Å². The van der Waals surface area contributed by atoms with Crippen LogP contribution in [0.4, 0.5) is 0 Å². The number of allylic oxidation sites excluding steroid dienone is 4. The van der Waals surface area contributed by atoms with Gasteiger partial charge in [0.1, 0.15) is 5.82 Å². The van der Waals surface area contributed by atoms with Gasteiger partial charge in [-0.1, -0.05) is 49.0 Å². The molecule has 1 heterocycles. The zero-order chi connectivity index (χ0) is 24.7. The van der Waals surface area contributed by atoms with Crippen LogP contribution in [0.1, 0.15) is 60.3 Å². The van der Waals surface area contributed by atoms with Gasteiger partial charge in [0, 0.05) is 12.6 Å². The fourth-order valence-electron chi connectivity index (χ4n) is 5.32. The molecule has 174 valence electrons. The number of hydrogen-bond donors (Lipinski definition) is 1. The highest BCUT2D eigenvalue weighted by Gasteiger charge is 2.47. The number of benzene rings is 2. The summed E-state index contributed by atoms with van der Waals surface area (Å²) in [6, 6.07) is 21.0. The number of nitrogens with one attached hydrogen (secondary N) is 1. The molecule has 0 bridgehead atoms. The van der Waals surface area contributed by atoms with Crippen LogP contribution in [-0.4, -0.2) is 17.9 Å². The van der Waals surface area contributed by atoms with Gasteiger partial charge in [-0.3, -0.25) is 4.79 Å².